The van der Waals surface area contributed by atoms with Crippen LogP contribution in [0, 0.1) is 18.3 Å². The Labute approximate surface area is 119 Å². The summed E-state index contributed by atoms with van der Waals surface area (Å²) in [5, 5.41) is 2.88. The highest BCUT2D eigenvalue weighted by molar-refractivity contribution is 14.0. The topological polar surface area (TPSA) is 63.3 Å². The first-order valence-corrected chi connectivity index (χ1v) is 5.11. The molecular weight excluding hydrogens is 327 g/mol. The molecule has 1 aromatic rings. The number of aliphatic imine (C=N–C) groups is 1. The van der Waals surface area contributed by atoms with Crippen molar-refractivity contribution in [3.63, 3.8) is 0 Å². The molecule has 0 saturated heterocycles. The van der Waals surface area contributed by atoms with Gasteiger partial charge in [-0.2, -0.15) is 0 Å². The average Bonchev–Trinajstić information content (AvgIpc) is 2.27. The molecule has 1 atom stereocenters. The third-order valence-corrected chi connectivity index (χ3v) is 2.00. The zero-order chi connectivity index (χ0) is 12.0. The van der Waals surface area contributed by atoms with Gasteiger partial charge in [0.1, 0.15) is 11.9 Å². The van der Waals surface area contributed by atoms with E-state index in [1.54, 1.807) is 6.20 Å². The van der Waals surface area contributed by atoms with Gasteiger partial charge in [0.2, 0.25) is 0 Å². The Bertz CT molecular complexity index is 395. The molecule has 0 fully saturated rings. The van der Waals surface area contributed by atoms with Gasteiger partial charge in [-0.1, -0.05) is 25.8 Å². The van der Waals surface area contributed by atoms with Gasteiger partial charge in [0.05, 0.1) is 0 Å². The number of terminal acetylenes is 1. The van der Waals surface area contributed by atoms with Gasteiger partial charge in [0, 0.05) is 6.20 Å². The van der Waals surface area contributed by atoms with E-state index in [0.717, 1.165) is 0 Å². The molecule has 1 unspecified atom stereocenters. The Morgan fingerprint density at radius 3 is 2.71 bits per heavy atom. The number of nitrogens with zero attached hydrogens (tertiary/aromatic N) is 2. The monoisotopic (exact) mass is 344 g/mol. The summed E-state index contributed by atoms with van der Waals surface area (Å²) in [4.78, 5) is 8.27. The molecule has 1 aromatic heterocycles. The number of nitrogens with two attached hydrogens (primary N) is 1. The second kappa shape index (κ2) is 7.90. The molecule has 3 N–H and O–H groups in total. The lowest BCUT2D eigenvalue weighted by Gasteiger charge is -2.11. The molecule has 0 aromatic carbocycles. The first kappa shape index (κ1) is 15.7. The zero-order valence-corrected chi connectivity index (χ0v) is 12.3. The lowest BCUT2D eigenvalue weighted by atomic mass is 10.1. The third-order valence-electron chi connectivity index (χ3n) is 2.00. The van der Waals surface area contributed by atoms with Crippen LogP contribution in [0.15, 0.2) is 29.4 Å². The molecule has 0 bridgehead atoms. The van der Waals surface area contributed by atoms with Gasteiger partial charge in [-0.15, -0.1) is 30.4 Å². The predicted molar refractivity (Wildman–Crippen MR) is 82.4 cm³/mol. The van der Waals surface area contributed by atoms with Crippen molar-refractivity contribution < 1.29 is 0 Å². The molecule has 0 saturated carbocycles. The van der Waals surface area contributed by atoms with Crippen molar-refractivity contribution in [2.45, 2.75) is 19.9 Å². The quantitative estimate of drug-likeness (QED) is 0.382. The number of hydrogen-bond acceptors (Lipinski definition) is 2. The second-order valence-electron chi connectivity index (χ2n) is 3.71. The molecule has 1 heterocycles. The lowest BCUT2D eigenvalue weighted by Crippen LogP contribution is -2.26. The maximum atomic E-state index is 5.72. The molecule has 17 heavy (non-hydrogen) atoms. The predicted octanol–water partition coefficient (Wildman–Crippen LogP) is 2.08. The van der Waals surface area contributed by atoms with Crippen molar-refractivity contribution in [1.29, 1.82) is 0 Å². The van der Waals surface area contributed by atoms with Crippen molar-refractivity contribution in [3.05, 3.63) is 24.4 Å². The van der Waals surface area contributed by atoms with Crippen LogP contribution in [0.3, 0.4) is 0 Å². The molecule has 0 amide bonds. The van der Waals surface area contributed by atoms with Crippen LogP contribution >= 0.6 is 24.0 Å². The van der Waals surface area contributed by atoms with Crippen LogP contribution in [-0.2, 0) is 0 Å². The van der Waals surface area contributed by atoms with Gasteiger partial charge < -0.3 is 11.1 Å². The molecule has 92 valence electrons. The SMILES string of the molecule is C#CC(N=C(N)Nc1ccccn1)C(C)C.I. The minimum absolute atomic E-state index is 0. The summed E-state index contributed by atoms with van der Waals surface area (Å²) in [5.74, 6) is 3.79. The van der Waals surface area contributed by atoms with Gasteiger partial charge in [0.25, 0.3) is 0 Å². The van der Waals surface area contributed by atoms with Crippen LogP contribution < -0.4 is 11.1 Å². The summed E-state index contributed by atoms with van der Waals surface area (Å²) >= 11 is 0. The number of nitrogens with one attached hydrogen (secondary N) is 1. The normalized spacial score (nSPS) is 12.5. The maximum Gasteiger partial charge on any atom is 0.195 e. The van der Waals surface area contributed by atoms with Gasteiger partial charge in [-0.05, 0) is 18.1 Å². The number of halogens is 1. The average molecular weight is 344 g/mol. The number of anilines is 1. The number of aromatic nitrogens is 1. The Morgan fingerprint density at radius 2 is 2.24 bits per heavy atom. The molecule has 1 rings (SSSR count). The largest absolute Gasteiger partial charge is 0.370 e. The van der Waals surface area contributed by atoms with Crippen molar-refractivity contribution in [3.8, 4) is 12.3 Å². The van der Waals surface area contributed by atoms with E-state index in [4.69, 9.17) is 12.2 Å². The first-order chi connectivity index (χ1) is 7.63. The zero-order valence-electron chi connectivity index (χ0n) is 9.92. The Balaban J connectivity index is 0.00000256. The summed E-state index contributed by atoms with van der Waals surface area (Å²) in [5.41, 5.74) is 5.72. The summed E-state index contributed by atoms with van der Waals surface area (Å²) in [6.45, 7) is 4.00. The second-order valence-corrected chi connectivity index (χ2v) is 3.71. The van der Waals surface area contributed by atoms with Gasteiger partial charge in [-0.25, -0.2) is 9.98 Å². The molecule has 5 heteroatoms. The van der Waals surface area contributed by atoms with Crippen LogP contribution in [0.25, 0.3) is 0 Å². The number of guanidine groups is 1. The number of rotatable bonds is 3. The fourth-order valence-corrected chi connectivity index (χ4v) is 1.13. The van der Waals surface area contributed by atoms with E-state index < -0.39 is 0 Å². The smallest absolute Gasteiger partial charge is 0.195 e. The lowest BCUT2D eigenvalue weighted by molar-refractivity contribution is 0.586. The Hall–Kier alpha value is -1.29. The van der Waals surface area contributed by atoms with Crippen molar-refractivity contribution in [2.24, 2.45) is 16.6 Å². The standard InChI is InChI=1S/C12H16N4.HI/c1-4-10(9(2)3)15-12(13)16-11-7-5-6-8-14-11;/h1,5-10H,2-3H3,(H3,13,14,15,16);1H. The van der Waals surface area contributed by atoms with Gasteiger partial charge >= 0.3 is 0 Å². The summed E-state index contributed by atoms with van der Waals surface area (Å²) < 4.78 is 0. The van der Waals surface area contributed by atoms with E-state index in [0.29, 0.717) is 5.82 Å². The van der Waals surface area contributed by atoms with Crippen molar-refractivity contribution >= 4 is 35.8 Å². The molecule has 0 spiro atoms. The van der Waals surface area contributed by atoms with Gasteiger partial charge in [-0.3, -0.25) is 0 Å². The van der Waals surface area contributed by atoms with E-state index >= 15 is 0 Å². The van der Waals surface area contributed by atoms with E-state index in [-0.39, 0.29) is 41.9 Å². The Morgan fingerprint density at radius 1 is 1.53 bits per heavy atom. The van der Waals surface area contributed by atoms with Crippen LogP contribution in [0.2, 0.25) is 0 Å². The summed E-state index contributed by atoms with van der Waals surface area (Å²) in [6, 6.07) is 5.29. The highest BCUT2D eigenvalue weighted by Crippen LogP contribution is 2.05. The minimum Gasteiger partial charge on any atom is -0.370 e. The third kappa shape index (κ3) is 5.54. The van der Waals surface area contributed by atoms with Crippen LogP contribution in [0.1, 0.15) is 13.8 Å². The van der Waals surface area contributed by atoms with Gasteiger partial charge in [0.15, 0.2) is 5.96 Å². The van der Waals surface area contributed by atoms with E-state index in [1.165, 1.54) is 0 Å². The van der Waals surface area contributed by atoms with Crippen LogP contribution in [0.5, 0.6) is 0 Å². The highest BCUT2D eigenvalue weighted by Gasteiger charge is 2.08. The molecule has 0 aliphatic carbocycles. The molecule has 4 nitrogen and oxygen atoms in total. The minimum atomic E-state index is -0.212. The molecular formula is C12H17IN4. The van der Waals surface area contributed by atoms with E-state index in [1.807, 2.05) is 32.0 Å². The first-order valence-electron chi connectivity index (χ1n) is 5.11. The van der Waals surface area contributed by atoms with Crippen LogP contribution in [0.4, 0.5) is 5.82 Å². The molecule has 0 aliphatic heterocycles. The molecule has 0 radical (unpaired) electrons. The fourth-order valence-electron chi connectivity index (χ4n) is 1.13. The highest BCUT2D eigenvalue weighted by atomic mass is 127. The fraction of sp³-hybridized carbons (Fsp3) is 0.333. The maximum absolute atomic E-state index is 5.72. The Kier molecular flexibility index (Phi) is 7.30. The van der Waals surface area contributed by atoms with Crippen molar-refractivity contribution in [2.75, 3.05) is 5.32 Å². The van der Waals surface area contributed by atoms with Crippen LogP contribution in [-0.4, -0.2) is 17.0 Å². The molecule has 0 aliphatic rings. The number of hydrogen-bond donors (Lipinski definition) is 2. The van der Waals surface area contributed by atoms with E-state index in [9.17, 15) is 0 Å². The summed E-state index contributed by atoms with van der Waals surface area (Å²) in [6.07, 6.45) is 7.04. The number of pyridine rings is 1. The van der Waals surface area contributed by atoms with Crippen molar-refractivity contribution in [1.82, 2.24) is 4.98 Å². The summed E-state index contributed by atoms with van der Waals surface area (Å²) in [7, 11) is 0. The van der Waals surface area contributed by atoms with E-state index in [2.05, 4.69) is 21.2 Å².